The van der Waals surface area contributed by atoms with Crippen LogP contribution in [-0.4, -0.2) is 17.1 Å². The molecule has 0 atom stereocenters. The second-order valence-corrected chi connectivity index (χ2v) is 2.64. The highest BCUT2D eigenvalue weighted by Gasteiger charge is 2.05. The summed E-state index contributed by atoms with van der Waals surface area (Å²) in [4.78, 5) is 25.0. The summed E-state index contributed by atoms with van der Waals surface area (Å²) in [6, 6.07) is 5.94. The maximum absolute atomic E-state index is 10.8. The fourth-order valence-electron chi connectivity index (χ4n) is 0.946. The van der Waals surface area contributed by atoms with E-state index in [9.17, 15) is 9.59 Å². The number of rotatable bonds is 2. The Morgan fingerprint density at radius 3 is 2.29 bits per heavy atom. The second kappa shape index (κ2) is 4.38. The molecule has 0 aromatic heterocycles. The molecule has 1 aromatic rings. The highest BCUT2D eigenvalue weighted by Crippen LogP contribution is 2.09. The summed E-state index contributed by atoms with van der Waals surface area (Å²) in [5.41, 5.74) is 0.786. The number of amides is 1. The van der Waals surface area contributed by atoms with Crippen molar-refractivity contribution in [2.24, 2.45) is 0 Å². The minimum absolute atomic E-state index is 0.192. The minimum atomic E-state index is -0.834. The van der Waals surface area contributed by atoms with Crippen LogP contribution in [0, 0.1) is 0 Å². The number of nitrogens with one attached hydrogen (secondary N) is 1. The summed E-state index contributed by atoms with van der Waals surface area (Å²) >= 11 is 0. The van der Waals surface area contributed by atoms with Gasteiger partial charge in [-0.05, 0) is 24.3 Å². The van der Waals surface area contributed by atoms with Crippen LogP contribution >= 0.6 is 0 Å². The Hall–Kier alpha value is -1.88. The lowest BCUT2D eigenvalue weighted by Gasteiger charge is -2.01. The Labute approximate surface area is 80.2 Å². The van der Waals surface area contributed by atoms with Gasteiger partial charge in [0.15, 0.2) is 0 Å². The molecule has 0 fully saturated rings. The highest BCUT2D eigenvalue weighted by molar-refractivity contribution is 5.91. The van der Waals surface area contributed by atoms with Gasteiger partial charge in [0.1, 0.15) is 0 Å². The van der Waals surface area contributed by atoms with Crippen LogP contribution in [0.15, 0.2) is 24.3 Å². The number of benzene rings is 1. The number of anilines is 1. The van der Waals surface area contributed by atoms with Crippen LogP contribution in [0.1, 0.15) is 17.3 Å². The van der Waals surface area contributed by atoms with Crippen molar-refractivity contribution < 1.29 is 19.7 Å². The van der Waals surface area contributed by atoms with Crippen LogP contribution in [0.3, 0.4) is 0 Å². The number of carbonyl (C=O) groups excluding carboxylic acids is 2. The van der Waals surface area contributed by atoms with Crippen LogP contribution in [-0.2, 0) is 9.68 Å². The van der Waals surface area contributed by atoms with Gasteiger partial charge in [0, 0.05) is 12.6 Å². The Kier molecular flexibility index (Phi) is 3.19. The van der Waals surface area contributed by atoms with Gasteiger partial charge in [0.25, 0.3) is 0 Å². The van der Waals surface area contributed by atoms with E-state index >= 15 is 0 Å². The third kappa shape index (κ3) is 2.56. The fraction of sp³-hybridized carbons (Fsp3) is 0.111. The van der Waals surface area contributed by atoms with Gasteiger partial charge >= 0.3 is 5.97 Å². The van der Waals surface area contributed by atoms with Gasteiger partial charge in [0.2, 0.25) is 5.91 Å². The van der Waals surface area contributed by atoms with E-state index in [-0.39, 0.29) is 11.5 Å². The molecule has 2 N–H and O–H groups in total. The topological polar surface area (TPSA) is 75.6 Å². The molecule has 0 aliphatic carbocycles. The maximum atomic E-state index is 10.8. The lowest BCUT2D eigenvalue weighted by Crippen LogP contribution is -2.06. The summed E-state index contributed by atoms with van der Waals surface area (Å²) < 4.78 is 0. The van der Waals surface area contributed by atoms with Gasteiger partial charge in [-0.1, -0.05) is 0 Å². The summed E-state index contributed by atoms with van der Waals surface area (Å²) in [5.74, 6) is -1.03. The molecule has 1 rings (SSSR count). The van der Waals surface area contributed by atoms with Crippen molar-refractivity contribution in [3.8, 4) is 0 Å². The molecule has 0 radical (unpaired) electrons. The molecule has 0 aliphatic rings. The van der Waals surface area contributed by atoms with Gasteiger partial charge in [-0.25, -0.2) is 4.79 Å². The molecule has 74 valence electrons. The van der Waals surface area contributed by atoms with E-state index in [1.165, 1.54) is 31.2 Å². The van der Waals surface area contributed by atoms with Crippen molar-refractivity contribution in [2.75, 3.05) is 5.32 Å². The molecule has 0 aliphatic heterocycles. The van der Waals surface area contributed by atoms with Gasteiger partial charge in [0.05, 0.1) is 5.56 Å². The predicted molar refractivity (Wildman–Crippen MR) is 48.8 cm³/mol. The van der Waals surface area contributed by atoms with Crippen LogP contribution in [0.4, 0.5) is 5.69 Å². The highest BCUT2D eigenvalue weighted by atomic mass is 17.1. The first kappa shape index (κ1) is 10.2. The molecule has 5 heteroatoms. The first-order chi connectivity index (χ1) is 6.63. The molecule has 5 nitrogen and oxygen atoms in total. The largest absolute Gasteiger partial charge is 0.372 e. The first-order valence-corrected chi connectivity index (χ1v) is 3.87. The minimum Gasteiger partial charge on any atom is -0.326 e. The summed E-state index contributed by atoms with van der Waals surface area (Å²) in [5, 5.41) is 10.6. The van der Waals surface area contributed by atoms with Crippen LogP contribution in [0.5, 0.6) is 0 Å². The monoisotopic (exact) mass is 195 g/mol. The van der Waals surface area contributed by atoms with E-state index in [1.807, 2.05) is 0 Å². The number of hydrogen-bond donors (Lipinski definition) is 2. The molecule has 0 saturated carbocycles. The Morgan fingerprint density at radius 2 is 1.86 bits per heavy atom. The van der Waals surface area contributed by atoms with E-state index in [0.29, 0.717) is 5.69 Å². The van der Waals surface area contributed by atoms with Crippen molar-refractivity contribution in [1.82, 2.24) is 0 Å². The van der Waals surface area contributed by atoms with E-state index < -0.39 is 5.97 Å². The van der Waals surface area contributed by atoms with Crippen molar-refractivity contribution in [3.05, 3.63) is 29.8 Å². The third-order valence-corrected chi connectivity index (χ3v) is 1.52. The fourth-order valence-corrected chi connectivity index (χ4v) is 0.946. The van der Waals surface area contributed by atoms with Crippen molar-refractivity contribution in [2.45, 2.75) is 6.92 Å². The average Bonchev–Trinajstić information content (AvgIpc) is 2.17. The van der Waals surface area contributed by atoms with Crippen molar-refractivity contribution >= 4 is 17.6 Å². The SMILES string of the molecule is CC(=O)Nc1ccc(C(=O)OO)cc1. The van der Waals surface area contributed by atoms with E-state index in [1.54, 1.807) is 0 Å². The molecule has 0 spiro atoms. The molecule has 1 amide bonds. The van der Waals surface area contributed by atoms with Gasteiger partial charge in [-0.15, -0.1) is 0 Å². The van der Waals surface area contributed by atoms with E-state index in [0.717, 1.165) is 0 Å². The predicted octanol–water partition coefficient (Wildman–Crippen LogP) is 1.27. The van der Waals surface area contributed by atoms with E-state index in [4.69, 9.17) is 5.26 Å². The summed E-state index contributed by atoms with van der Waals surface area (Å²) in [6.07, 6.45) is 0. The smallest absolute Gasteiger partial charge is 0.326 e. The van der Waals surface area contributed by atoms with Crippen LogP contribution in [0.2, 0.25) is 0 Å². The number of hydrogen-bond acceptors (Lipinski definition) is 4. The zero-order valence-corrected chi connectivity index (χ0v) is 7.48. The quantitative estimate of drug-likeness (QED) is 0.550. The normalized spacial score (nSPS) is 9.29. The summed E-state index contributed by atoms with van der Waals surface area (Å²) in [7, 11) is 0. The molecule has 1 aromatic carbocycles. The molecule has 0 unspecified atom stereocenters. The van der Waals surface area contributed by atoms with Crippen LogP contribution < -0.4 is 5.32 Å². The Bertz CT molecular complexity index is 344. The second-order valence-electron chi connectivity index (χ2n) is 2.64. The third-order valence-electron chi connectivity index (χ3n) is 1.52. The lowest BCUT2D eigenvalue weighted by atomic mass is 10.2. The molecule has 0 saturated heterocycles. The molecule has 14 heavy (non-hydrogen) atoms. The molecular formula is C9H9NO4. The van der Waals surface area contributed by atoms with Crippen molar-refractivity contribution in [3.63, 3.8) is 0 Å². The maximum Gasteiger partial charge on any atom is 0.372 e. The zero-order chi connectivity index (χ0) is 10.6. The van der Waals surface area contributed by atoms with Gasteiger partial charge in [-0.3, -0.25) is 9.68 Å². The Morgan fingerprint density at radius 1 is 1.29 bits per heavy atom. The molecule has 0 bridgehead atoms. The van der Waals surface area contributed by atoms with Gasteiger partial charge < -0.3 is 5.32 Å². The lowest BCUT2D eigenvalue weighted by molar-refractivity contribution is -0.182. The standard InChI is InChI=1S/C9H9NO4/c1-6(11)10-8-4-2-7(3-5-8)9(12)14-13/h2-5,13H,1H3,(H,10,11). The number of carbonyl (C=O) groups is 2. The molecular weight excluding hydrogens is 186 g/mol. The zero-order valence-electron chi connectivity index (χ0n) is 7.48. The van der Waals surface area contributed by atoms with E-state index in [2.05, 4.69) is 10.2 Å². The van der Waals surface area contributed by atoms with Gasteiger partial charge in [-0.2, -0.15) is 5.26 Å². The average molecular weight is 195 g/mol. The van der Waals surface area contributed by atoms with Crippen molar-refractivity contribution in [1.29, 1.82) is 0 Å². The Balaban J connectivity index is 2.78. The van der Waals surface area contributed by atoms with Crippen LogP contribution in [0.25, 0.3) is 0 Å². The molecule has 0 heterocycles. The summed E-state index contributed by atoms with van der Waals surface area (Å²) in [6.45, 7) is 1.38. The first-order valence-electron chi connectivity index (χ1n) is 3.87.